The SMILES string of the molecule is CCCCCCCCCCCCCCCC(=O)OC[C@H]1O[C@H](Oc2cc3ccc(=O)oc3cc2O)[C@H](O)[C@@H](O)[C@@H]1O. The second-order valence-electron chi connectivity index (χ2n) is 10.9. The summed E-state index contributed by atoms with van der Waals surface area (Å²) in [5.41, 5.74) is -0.448. The molecule has 0 unspecified atom stereocenters. The van der Waals surface area contributed by atoms with Crippen LogP contribution in [-0.2, 0) is 14.3 Å². The van der Waals surface area contributed by atoms with E-state index in [9.17, 15) is 30.0 Å². The number of esters is 1. The quantitative estimate of drug-likeness (QED) is 0.111. The molecule has 0 spiro atoms. The van der Waals surface area contributed by atoms with Crippen LogP contribution in [0.5, 0.6) is 11.5 Å². The lowest BCUT2D eigenvalue weighted by Crippen LogP contribution is -2.60. The van der Waals surface area contributed by atoms with Crippen molar-refractivity contribution in [3.63, 3.8) is 0 Å². The minimum absolute atomic E-state index is 0.0999. The Balaban J connectivity index is 1.35. The van der Waals surface area contributed by atoms with Gasteiger partial charge in [-0.25, -0.2) is 4.79 Å². The van der Waals surface area contributed by atoms with Crippen molar-refractivity contribution in [2.24, 2.45) is 0 Å². The van der Waals surface area contributed by atoms with Crippen molar-refractivity contribution in [2.75, 3.05) is 6.61 Å². The number of rotatable bonds is 18. The number of carbonyl (C=O) groups is 1. The van der Waals surface area contributed by atoms with Gasteiger partial charge in [0.25, 0.3) is 0 Å². The Morgan fingerprint density at radius 3 is 2.07 bits per heavy atom. The third-order valence-corrected chi connectivity index (χ3v) is 7.51. The number of fused-ring (bicyclic) bond motifs is 1. The summed E-state index contributed by atoms with van der Waals surface area (Å²) in [7, 11) is 0. The highest BCUT2D eigenvalue weighted by Gasteiger charge is 2.45. The summed E-state index contributed by atoms with van der Waals surface area (Å²) in [5.74, 6) is -0.920. The van der Waals surface area contributed by atoms with Gasteiger partial charge in [-0.3, -0.25) is 4.79 Å². The second-order valence-corrected chi connectivity index (χ2v) is 10.9. The van der Waals surface area contributed by atoms with Crippen LogP contribution in [0.3, 0.4) is 0 Å². The highest BCUT2D eigenvalue weighted by Crippen LogP contribution is 2.34. The van der Waals surface area contributed by atoms with E-state index in [1.165, 1.54) is 82.1 Å². The topological polar surface area (TPSA) is 156 Å². The minimum atomic E-state index is -1.65. The van der Waals surface area contributed by atoms with Gasteiger partial charge in [-0.1, -0.05) is 84.0 Å². The first-order valence-electron chi connectivity index (χ1n) is 15.1. The number of ether oxygens (including phenoxy) is 3. The lowest BCUT2D eigenvalue weighted by atomic mass is 9.99. The van der Waals surface area contributed by atoms with Crippen LogP contribution in [0.25, 0.3) is 11.0 Å². The summed E-state index contributed by atoms with van der Waals surface area (Å²) < 4.78 is 21.5. The summed E-state index contributed by atoms with van der Waals surface area (Å²) >= 11 is 0. The molecule has 41 heavy (non-hydrogen) atoms. The first-order chi connectivity index (χ1) is 19.8. The van der Waals surface area contributed by atoms with Crippen LogP contribution in [0.1, 0.15) is 96.8 Å². The molecule has 4 N–H and O–H groups in total. The molecular formula is C31H46O10. The Labute approximate surface area is 241 Å². The van der Waals surface area contributed by atoms with Gasteiger partial charge in [0.05, 0.1) is 0 Å². The summed E-state index contributed by atoms with van der Waals surface area (Å²) in [6.07, 6.45) is 8.48. The zero-order valence-electron chi connectivity index (χ0n) is 24.0. The van der Waals surface area contributed by atoms with E-state index in [0.717, 1.165) is 19.3 Å². The number of phenols is 1. The highest BCUT2D eigenvalue weighted by atomic mass is 16.7. The summed E-state index contributed by atoms with van der Waals surface area (Å²) in [4.78, 5) is 23.6. The molecule has 1 aromatic carbocycles. The molecule has 1 saturated heterocycles. The third-order valence-electron chi connectivity index (χ3n) is 7.51. The first kappa shape index (κ1) is 32.8. The predicted octanol–water partition coefficient (Wildman–Crippen LogP) is 4.71. The smallest absolute Gasteiger partial charge is 0.336 e. The molecule has 10 heteroatoms. The summed E-state index contributed by atoms with van der Waals surface area (Å²) in [5, 5.41) is 41.8. The van der Waals surface area contributed by atoms with Gasteiger partial charge in [0, 0.05) is 23.9 Å². The van der Waals surface area contributed by atoms with Crippen LogP contribution in [0.2, 0.25) is 0 Å². The van der Waals surface area contributed by atoms with Crippen molar-refractivity contribution in [1.29, 1.82) is 0 Å². The Kier molecular flexibility index (Phi) is 13.9. The van der Waals surface area contributed by atoms with E-state index in [2.05, 4.69) is 6.92 Å². The molecular weight excluding hydrogens is 532 g/mol. The van der Waals surface area contributed by atoms with Crippen LogP contribution in [0.4, 0.5) is 0 Å². The van der Waals surface area contributed by atoms with Gasteiger partial charge in [0.15, 0.2) is 11.5 Å². The van der Waals surface area contributed by atoms with E-state index in [0.29, 0.717) is 11.8 Å². The summed E-state index contributed by atoms with van der Waals surface area (Å²) in [6.45, 7) is 1.90. The monoisotopic (exact) mass is 578 g/mol. The molecule has 1 aliphatic rings. The fourth-order valence-electron chi connectivity index (χ4n) is 4.99. The molecule has 1 aromatic heterocycles. The Morgan fingerprint density at radius 2 is 1.44 bits per heavy atom. The van der Waals surface area contributed by atoms with Crippen LogP contribution >= 0.6 is 0 Å². The highest BCUT2D eigenvalue weighted by molar-refractivity contribution is 5.80. The van der Waals surface area contributed by atoms with E-state index in [-0.39, 0.29) is 30.1 Å². The number of unbranched alkanes of at least 4 members (excludes halogenated alkanes) is 12. The van der Waals surface area contributed by atoms with Gasteiger partial charge in [0.1, 0.15) is 36.6 Å². The molecule has 10 nitrogen and oxygen atoms in total. The molecule has 5 atom stereocenters. The molecule has 3 rings (SSSR count). The van der Waals surface area contributed by atoms with E-state index in [4.69, 9.17) is 18.6 Å². The van der Waals surface area contributed by atoms with Gasteiger partial charge in [-0.2, -0.15) is 0 Å². The van der Waals surface area contributed by atoms with Gasteiger partial charge in [-0.05, 0) is 18.6 Å². The predicted molar refractivity (Wildman–Crippen MR) is 153 cm³/mol. The number of aromatic hydroxyl groups is 1. The average molecular weight is 579 g/mol. The van der Waals surface area contributed by atoms with Crippen molar-refractivity contribution in [2.45, 2.75) is 128 Å². The zero-order valence-corrected chi connectivity index (χ0v) is 24.0. The van der Waals surface area contributed by atoms with Crippen LogP contribution in [0.15, 0.2) is 33.5 Å². The van der Waals surface area contributed by atoms with Crippen LogP contribution in [-0.4, -0.2) is 63.7 Å². The Hall–Kier alpha value is -2.66. The van der Waals surface area contributed by atoms with Gasteiger partial charge in [-0.15, -0.1) is 0 Å². The Bertz CT molecular complexity index is 1120. The molecule has 0 saturated carbocycles. The van der Waals surface area contributed by atoms with E-state index >= 15 is 0 Å². The second kappa shape index (κ2) is 17.3. The lowest BCUT2D eigenvalue weighted by Gasteiger charge is -2.39. The number of aliphatic hydroxyl groups excluding tert-OH is 3. The number of hydrogen-bond donors (Lipinski definition) is 4. The maximum absolute atomic E-state index is 12.2. The number of benzene rings is 1. The molecule has 1 aliphatic heterocycles. The number of aliphatic hydroxyl groups is 3. The van der Waals surface area contributed by atoms with E-state index < -0.39 is 42.3 Å². The fourth-order valence-corrected chi connectivity index (χ4v) is 4.99. The van der Waals surface area contributed by atoms with Gasteiger partial charge >= 0.3 is 11.6 Å². The third kappa shape index (κ3) is 10.6. The number of hydrogen-bond acceptors (Lipinski definition) is 10. The minimum Gasteiger partial charge on any atom is -0.504 e. The van der Waals surface area contributed by atoms with Crippen molar-refractivity contribution in [1.82, 2.24) is 0 Å². The molecule has 2 heterocycles. The lowest BCUT2D eigenvalue weighted by molar-refractivity contribution is -0.278. The molecule has 230 valence electrons. The molecule has 2 aromatic rings. The van der Waals surface area contributed by atoms with Crippen LogP contribution < -0.4 is 10.4 Å². The van der Waals surface area contributed by atoms with E-state index in [1.54, 1.807) is 0 Å². The Morgan fingerprint density at radius 1 is 0.829 bits per heavy atom. The largest absolute Gasteiger partial charge is 0.504 e. The first-order valence-corrected chi connectivity index (χ1v) is 15.1. The molecule has 0 amide bonds. The van der Waals surface area contributed by atoms with Crippen molar-refractivity contribution in [3.8, 4) is 11.5 Å². The molecule has 0 bridgehead atoms. The fraction of sp³-hybridized carbons (Fsp3) is 0.677. The number of carbonyl (C=O) groups excluding carboxylic acids is 1. The zero-order chi connectivity index (χ0) is 29.6. The maximum Gasteiger partial charge on any atom is 0.336 e. The van der Waals surface area contributed by atoms with Crippen molar-refractivity contribution >= 4 is 16.9 Å². The molecule has 1 fully saturated rings. The normalized spacial score (nSPS) is 22.6. The standard InChI is InChI=1S/C31H46O10/c1-2-3-4-5-6-7-8-9-10-11-12-13-14-15-26(33)38-20-25-28(35)29(36)30(37)31(41-25)40-24-18-21-16-17-27(34)39-23(21)19-22(24)32/h16-19,25,28-32,35-37H,2-15,20H2,1H3/t25-,28-,29+,30-,31+/m1/s1. The summed E-state index contributed by atoms with van der Waals surface area (Å²) in [6, 6.07) is 5.25. The molecule has 0 radical (unpaired) electrons. The van der Waals surface area contributed by atoms with Crippen molar-refractivity contribution in [3.05, 3.63) is 34.7 Å². The van der Waals surface area contributed by atoms with Gasteiger partial charge < -0.3 is 39.1 Å². The van der Waals surface area contributed by atoms with Gasteiger partial charge in [0.2, 0.25) is 6.29 Å². The average Bonchev–Trinajstić information content (AvgIpc) is 2.95. The van der Waals surface area contributed by atoms with Crippen molar-refractivity contribution < 1.29 is 43.8 Å². The molecule has 0 aliphatic carbocycles. The maximum atomic E-state index is 12.2. The number of phenolic OH excluding ortho intramolecular Hbond substituents is 1. The van der Waals surface area contributed by atoms with Crippen LogP contribution in [0, 0.1) is 0 Å². The van der Waals surface area contributed by atoms with E-state index in [1.807, 2.05) is 0 Å².